The van der Waals surface area contributed by atoms with Crippen LogP contribution in [-0.2, 0) is 4.74 Å². The summed E-state index contributed by atoms with van der Waals surface area (Å²) in [6.45, 7) is 7.07. The van der Waals surface area contributed by atoms with Gasteiger partial charge in [0.05, 0.1) is 11.2 Å². The van der Waals surface area contributed by atoms with Gasteiger partial charge in [-0.3, -0.25) is 5.10 Å². The Labute approximate surface area is 186 Å². The van der Waals surface area contributed by atoms with E-state index in [2.05, 4.69) is 35.7 Å². The van der Waals surface area contributed by atoms with Crippen LogP contribution in [0.25, 0.3) is 22.2 Å². The number of alkyl carbamates (subject to hydrolysis) is 1. The Morgan fingerprint density at radius 2 is 2.09 bits per heavy atom. The van der Waals surface area contributed by atoms with E-state index in [1.165, 1.54) is 0 Å². The van der Waals surface area contributed by atoms with E-state index in [1.807, 2.05) is 45.0 Å². The molecule has 0 saturated carbocycles. The van der Waals surface area contributed by atoms with E-state index in [-0.39, 0.29) is 6.04 Å². The van der Waals surface area contributed by atoms with Crippen molar-refractivity contribution in [1.82, 2.24) is 25.5 Å². The summed E-state index contributed by atoms with van der Waals surface area (Å²) < 4.78 is 5.41. The monoisotopic (exact) mass is 438 g/mol. The highest BCUT2D eigenvalue weighted by molar-refractivity contribution is 5.91. The van der Waals surface area contributed by atoms with Crippen LogP contribution in [0.2, 0.25) is 0 Å². The SMILES string of the molecule is CNc1nc(-c2ccc3c(N)n[nH]c3c2)cc(N2CCC[C@@H](NC(=O)OC(C)(C)C)C2)n1. The number of H-pyrrole nitrogens is 1. The van der Waals surface area contributed by atoms with Gasteiger partial charge in [-0.1, -0.05) is 6.07 Å². The minimum atomic E-state index is -0.526. The van der Waals surface area contributed by atoms with Gasteiger partial charge in [0.25, 0.3) is 0 Å². The normalized spacial score (nSPS) is 16.8. The number of nitrogen functional groups attached to an aromatic ring is 1. The first kappa shape index (κ1) is 21.7. The minimum absolute atomic E-state index is 0.0145. The van der Waals surface area contributed by atoms with E-state index in [0.717, 1.165) is 47.4 Å². The first-order valence-corrected chi connectivity index (χ1v) is 10.8. The second kappa shape index (κ2) is 8.52. The summed E-state index contributed by atoms with van der Waals surface area (Å²) in [7, 11) is 1.80. The number of amides is 1. The summed E-state index contributed by atoms with van der Waals surface area (Å²) in [5.41, 5.74) is 7.94. The van der Waals surface area contributed by atoms with E-state index in [9.17, 15) is 4.79 Å². The van der Waals surface area contributed by atoms with Crippen LogP contribution in [0, 0.1) is 0 Å². The van der Waals surface area contributed by atoms with Gasteiger partial charge in [-0.05, 0) is 45.7 Å². The molecule has 3 heterocycles. The molecule has 4 rings (SSSR count). The molecule has 0 bridgehead atoms. The Hall–Kier alpha value is -3.56. The highest BCUT2D eigenvalue weighted by Gasteiger charge is 2.25. The Balaban J connectivity index is 1.57. The van der Waals surface area contributed by atoms with Gasteiger partial charge in [-0.2, -0.15) is 10.1 Å². The van der Waals surface area contributed by atoms with Gasteiger partial charge in [-0.25, -0.2) is 9.78 Å². The number of anilines is 3. The number of nitrogens with one attached hydrogen (secondary N) is 3. The molecule has 10 heteroatoms. The molecule has 3 aromatic rings. The molecule has 1 atom stereocenters. The smallest absolute Gasteiger partial charge is 0.407 e. The largest absolute Gasteiger partial charge is 0.444 e. The molecule has 0 aliphatic carbocycles. The maximum absolute atomic E-state index is 12.2. The Morgan fingerprint density at radius 1 is 1.28 bits per heavy atom. The van der Waals surface area contributed by atoms with Crippen LogP contribution in [0.1, 0.15) is 33.6 Å². The molecule has 10 nitrogen and oxygen atoms in total. The number of carbonyl (C=O) groups excluding carboxylic acids is 1. The molecule has 0 radical (unpaired) electrons. The van der Waals surface area contributed by atoms with Crippen LogP contribution in [0.3, 0.4) is 0 Å². The van der Waals surface area contributed by atoms with Gasteiger partial charge < -0.3 is 26.0 Å². The van der Waals surface area contributed by atoms with Crippen molar-refractivity contribution < 1.29 is 9.53 Å². The Kier molecular flexibility index (Phi) is 5.77. The van der Waals surface area contributed by atoms with Crippen molar-refractivity contribution in [2.24, 2.45) is 0 Å². The average Bonchev–Trinajstić information content (AvgIpc) is 3.12. The maximum Gasteiger partial charge on any atom is 0.407 e. The van der Waals surface area contributed by atoms with Gasteiger partial charge >= 0.3 is 6.09 Å². The summed E-state index contributed by atoms with van der Waals surface area (Å²) in [5.74, 6) is 1.81. The minimum Gasteiger partial charge on any atom is -0.444 e. The molecule has 2 aromatic heterocycles. The van der Waals surface area contributed by atoms with Crippen molar-refractivity contribution >= 4 is 34.6 Å². The number of hydrogen-bond donors (Lipinski definition) is 4. The lowest BCUT2D eigenvalue weighted by molar-refractivity contribution is 0.0500. The van der Waals surface area contributed by atoms with E-state index in [4.69, 9.17) is 10.5 Å². The second-order valence-corrected chi connectivity index (χ2v) is 8.99. The van der Waals surface area contributed by atoms with E-state index in [1.54, 1.807) is 7.05 Å². The van der Waals surface area contributed by atoms with Gasteiger partial charge in [0.1, 0.15) is 11.4 Å². The van der Waals surface area contributed by atoms with Crippen LogP contribution in [0.4, 0.5) is 22.4 Å². The summed E-state index contributed by atoms with van der Waals surface area (Å²) in [4.78, 5) is 23.7. The van der Waals surface area contributed by atoms with E-state index >= 15 is 0 Å². The van der Waals surface area contributed by atoms with Crippen LogP contribution in [0.5, 0.6) is 0 Å². The van der Waals surface area contributed by atoms with Crippen molar-refractivity contribution in [3.05, 3.63) is 24.3 Å². The van der Waals surface area contributed by atoms with Gasteiger partial charge in [0, 0.05) is 43.2 Å². The lowest BCUT2D eigenvalue weighted by atomic mass is 10.1. The molecule has 1 saturated heterocycles. The van der Waals surface area contributed by atoms with Gasteiger partial charge in [-0.15, -0.1) is 0 Å². The molecule has 1 fully saturated rings. The van der Waals surface area contributed by atoms with E-state index in [0.29, 0.717) is 18.3 Å². The molecule has 1 amide bonds. The molecule has 1 aliphatic rings. The van der Waals surface area contributed by atoms with Crippen LogP contribution in [-0.4, -0.2) is 58.0 Å². The predicted molar refractivity (Wildman–Crippen MR) is 126 cm³/mol. The maximum atomic E-state index is 12.2. The fourth-order valence-corrected chi connectivity index (χ4v) is 3.83. The first-order chi connectivity index (χ1) is 15.2. The molecule has 1 aromatic carbocycles. The zero-order chi connectivity index (χ0) is 22.9. The number of fused-ring (bicyclic) bond motifs is 1. The molecular formula is C22H30N8O2. The fourth-order valence-electron chi connectivity index (χ4n) is 3.83. The predicted octanol–water partition coefficient (Wildman–Crippen LogP) is 3.14. The third-order valence-electron chi connectivity index (χ3n) is 5.29. The van der Waals surface area contributed by atoms with Crippen molar-refractivity contribution in [1.29, 1.82) is 0 Å². The molecule has 1 aliphatic heterocycles. The van der Waals surface area contributed by atoms with Crippen LogP contribution in [0.15, 0.2) is 24.3 Å². The van der Waals surface area contributed by atoms with Crippen LogP contribution >= 0.6 is 0 Å². The van der Waals surface area contributed by atoms with E-state index < -0.39 is 11.7 Å². The number of carbonyl (C=O) groups is 1. The van der Waals surface area contributed by atoms with Gasteiger partial charge in [0.15, 0.2) is 5.82 Å². The number of nitrogens with two attached hydrogens (primary N) is 1. The van der Waals surface area contributed by atoms with Gasteiger partial charge in [0.2, 0.25) is 5.95 Å². The molecule has 32 heavy (non-hydrogen) atoms. The summed E-state index contributed by atoms with van der Waals surface area (Å²) >= 11 is 0. The number of rotatable bonds is 4. The third kappa shape index (κ3) is 4.84. The highest BCUT2D eigenvalue weighted by Crippen LogP contribution is 2.28. The molecule has 5 N–H and O–H groups in total. The number of hydrogen-bond acceptors (Lipinski definition) is 8. The fraction of sp³-hybridized carbons (Fsp3) is 0.455. The first-order valence-electron chi connectivity index (χ1n) is 10.8. The Bertz CT molecular complexity index is 1120. The quantitative estimate of drug-likeness (QED) is 0.488. The van der Waals surface area contributed by atoms with Crippen molar-refractivity contribution in [2.45, 2.75) is 45.3 Å². The summed E-state index contributed by atoms with van der Waals surface area (Å²) in [5, 5.41) is 13.9. The lowest BCUT2D eigenvalue weighted by Gasteiger charge is -2.34. The third-order valence-corrected chi connectivity index (χ3v) is 5.29. The van der Waals surface area contributed by atoms with Crippen LogP contribution < -0.4 is 21.3 Å². The molecule has 0 unspecified atom stereocenters. The van der Waals surface area contributed by atoms with Crippen molar-refractivity contribution in [3.63, 3.8) is 0 Å². The lowest BCUT2D eigenvalue weighted by Crippen LogP contribution is -2.49. The highest BCUT2D eigenvalue weighted by atomic mass is 16.6. The average molecular weight is 439 g/mol. The number of piperidine rings is 1. The summed E-state index contributed by atoms with van der Waals surface area (Å²) in [6, 6.07) is 7.85. The topological polar surface area (TPSA) is 134 Å². The molecule has 0 spiro atoms. The molecule has 170 valence electrons. The van der Waals surface area contributed by atoms with Crippen molar-refractivity contribution in [2.75, 3.05) is 36.1 Å². The van der Waals surface area contributed by atoms with Crippen molar-refractivity contribution in [3.8, 4) is 11.3 Å². The zero-order valence-electron chi connectivity index (χ0n) is 18.9. The number of aromatic amines is 1. The second-order valence-electron chi connectivity index (χ2n) is 8.99. The number of aromatic nitrogens is 4. The number of benzene rings is 1. The standard InChI is InChI=1S/C22H30N8O2/c1-22(2,3)32-21(31)25-14-6-5-9-30(12-14)18-11-16(26-20(24-4)27-18)13-7-8-15-17(10-13)28-29-19(15)23/h7-8,10-11,14H,5-6,9,12H2,1-4H3,(H,25,31)(H3,23,28,29)(H,24,26,27)/t14-/m1/s1. The summed E-state index contributed by atoms with van der Waals surface area (Å²) in [6.07, 6.45) is 1.44. The number of ether oxygens (including phenoxy) is 1. The number of nitrogens with zero attached hydrogens (tertiary/aromatic N) is 4. The zero-order valence-corrected chi connectivity index (χ0v) is 18.9. The molecular weight excluding hydrogens is 408 g/mol. The Morgan fingerprint density at radius 3 is 2.84 bits per heavy atom.